The summed E-state index contributed by atoms with van der Waals surface area (Å²) in [6, 6.07) is 18.4. The van der Waals surface area contributed by atoms with E-state index in [1.807, 2.05) is 30.3 Å². The number of benzene rings is 2. The summed E-state index contributed by atoms with van der Waals surface area (Å²) < 4.78 is 0. The van der Waals surface area contributed by atoms with Crippen molar-refractivity contribution in [3.8, 4) is 0 Å². The molecule has 0 bridgehead atoms. The first-order chi connectivity index (χ1) is 10.8. The van der Waals surface area contributed by atoms with Crippen LogP contribution in [-0.2, 0) is 23.3 Å². The number of rotatable bonds is 6. The lowest BCUT2D eigenvalue weighted by Crippen LogP contribution is -3.10. The second-order valence-corrected chi connectivity index (χ2v) is 7.08. The molecule has 122 valence electrons. The van der Waals surface area contributed by atoms with Gasteiger partial charge in [-0.05, 0) is 11.0 Å². The van der Waals surface area contributed by atoms with Crippen LogP contribution < -0.4 is 10.0 Å². The van der Waals surface area contributed by atoms with E-state index in [0.29, 0.717) is 13.1 Å². The molecule has 23 heavy (non-hydrogen) atoms. The molecule has 1 N–H and O–H groups in total. The molecule has 0 spiro atoms. The van der Waals surface area contributed by atoms with Gasteiger partial charge in [0.05, 0.1) is 5.97 Å². The minimum Gasteiger partial charge on any atom is -0.544 e. The van der Waals surface area contributed by atoms with Crippen LogP contribution in [0, 0.1) is 0 Å². The number of quaternary nitrogens is 1. The smallest absolute Gasteiger partial charge is 0.118 e. The van der Waals surface area contributed by atoms with E-state index in [2.05, 4.69) is 45.0 Å². The van der Waals surface area contributed by atoms with Gasteiger partial charge in [0.1, 0.15) is 19.6 Å². The molecule has 0 fully saturated rings. The molecule has 0 radical (unpaired) electrons. The Morgan fingerprint density at radius 2 is 1.43 bits per heavy atom. The van der Waals surface area contributed by atoms with Crippen molar-refractivity contribution in [3.05, 3.63) is 71.3 Å². The summed E-state index contributed by atoms with van der Waals surface area (Å²) in [5, 5.41) is 11.0. The normalized spacial score (nSPS) is 12.8. The van der Waals surface area contributed by atoms with Gasteiger partial charge >= 0.3 is 0 Å². The summed E-state index contributed by atoms with van der Waals surface area (Å²) in [6.45, 7) is 7.92. The van der Waals surface area contributed by atoms with Gasteiger partial charge in [-0.3, -0.25) is 0 Å². The van der Waals surface area contributed by atoms with E-state index in [9.17, 15) is 9.90 Å². The quantitative estimate of drug-likeness (QED) is 0.874. The second kappa shape index (κ2) is 7.42. The third kappa shape index (κ3) is 5.53. The third-order valence-corrected chi connectivity index (χ3v) is 3.97. The summed E-state index contributed by atoms with van der Waals surface area (Å²) in [6.07, 6.45) is 0. The van der Waals surface area contributed by atoms with E-state index < -0.39 is 5.97 Å². The second-order valence-electron chi connectivity index (χ2n) is 7.08. The summed E-state index contributed by atoms with van der Waals surface area (Å²) in [7, 11) is 0. The van der Waals surface area contributed by atoms with Crippen LogP contribution in [0.1, 0.15) is 37.5 Å². The van der Waals surface area contributed by atoms with E-state index in [-0.39, 0.29) is 12.0 Å². The molecular formula is C20H25NO2. The first kappa shape index (κ1) is 17.2. The topological polar surface area (TPSA) is 44.6 Å². The number of carbonyl (C=O) groups excluding carboxylic acids is 1. The van der Waals surface area contributed by atoms with Gasteiger partial charge in [0, 0.05) is 11.1 Å². The van der Waals surface area contributed by atoms with Gasteiger partial charge in [0.15, 0.2) is 0 Å². The van der Waals surface area contributed by atoms with Crippen LogP contribution in [0.2, 0.25) is 0 Å². The lowest BCUT2D eigenvalue weighted by atomic mass is 9.87. The van der Waals surface area contributed by atoms with Crippen molar-refractivity contribution in [3.63, 3.8) is 0 Å². The number of nitrogens with one attached hydrogen (secondary N) is 1. The SMILES string of the molecule is CC(C)(C)c1ccc(C[NH+](CC(=O)[O-])Cc2ccccc2)cc1. The molecule has 0 aliphatic rings. The Kier molecular flexibility index (Phi) is 5.56. The number of carbonyl (C=O) groups is 1. The summed E-state index contributed by atoms with van der Waals surface area (Å²) in [4.78, 5) is 12.0. The first-order valence-electron chi connectivity index (χ1n) is 8.01. The van der Waals surface area contributed by atoms with Gasteiger partial charge in [-0.2, -0.15) is 0 Å². The minimum atomic E-state index is -1.01. The van der Waals surface area contributed by atoms with Gasteiger partial charge in [0.25, 0.3) is 0 Å². The van der Waals surface area contributed by atoms with Crippen molar-refractivity contribution >= 4 is 5.97 Å². The van der Waals surface area contributed by atoms with Crippen LogP contribution in [-0.4, -0.2) is 12.5 Å². The van der Waals surface area contributed by atoms with Crippen LogP contribution in [0.25, 0.3) is 0 Å². The third-order valence-electron chi connectivity index (χ3n) is 3.97. The van der Waals surface area contributed by atoms with E-state index in [0.717, 1.165) is 16.0 Å². The molecule has 0 aliphatic carbocycles. The van der Waals surface area contributed by atoms with Gasteiger partial charge in [-0.15, -0.1) is 0 Å². The molecule has 0 heterocycles. The molecule has 1 unspecified atom stereocenters. The Morgan fingerprint density at radius 1 is 0.913 bits per heavy atom. The highest BCUT2D eigenvalue weighted by molar-refractivity contribution is 5.65. The Morgan fingerprint density at radius 3 is 1.91 bits per heavy atom. The average Bonchev–Trinajstić information content (AvgIpc) is 2.47. The molecule has 2 aromatic carbocycles. The van der Waals surface area contributed by atoms with E-state index in [1.165, 1.54) is 5.56 Å². The van der Waals surface area contributed by atoms with Gasteiger partial charge < -0.3 is 14.8 Å². The van der Waals surface area contributed by atoms with Crippen molar-refractivity contribution < 1.29 is 14.8 Å². The maximum atomic E-state index is 11.0. The Bertz CT molecular complexity index is 627. The lowest BCUT2D eigenvalue weighted by molar-refractivity contribution is -0.922. The standard InChI is InChI=1S/C20H25NO2/c1-20(2,3)18-11-9-17(10-12-18)14-21(15-19(22)23)13-16-7-5-4-6-8-16/h4-12H,13-15H2,1-3H3,(H,22,23). The van der Waals surface area contributed by atoms with Gasteiger partial charge in [0.2, 0.25) is 0 Å². The van der Waals surface area contributed by atoms with Gasteiger partial charge in [-0.1, -0.05) is 75.4 Å². The van der Waals surface area contributed by atoms with Gasteiger partial charge in [-0.25, -0.2) is 0 Å². The highest BCUT2D eigenvalue weighted by Crippen LogP contribution is 2.21. The minimum absolute atomic E-state index is 0.00984. The molecule has 3 nitrogen and oxygen atoms in total. The fraction of sp³-hybridized carbons (Fsp3) is 0.350. The fourth-order valence-electron chi connectivity index (χ4n) is 2.69. The molecule has 0 aliphatic heterocycles. The number of carboxylic acids is 1. The van der Waals surface area contributed by atoms with Crippen molar-refractivity contribution in [2.75, 3.05) is 6.54 Å². The largest absolute Gasteiger partial charge is 0.544 e. The summed E-state index contributed by atoms with van der Waals surface area (Å²) >= 11 is 0. The van der Waals surface area contributed by atoms with Crippen molar-refractivity contribution in [1.29, 1.82) is 0 Å². The number of hydrogen-bond donors (Lipinski definition) is 1. The maximum absolute atomic E-state index is 11.0. The first-order valence-corrected chi connectivity index (χ1v) is 8.01. The molecule has 0 amide bonds. The van der Waals surface area contributed by atoms with Crippen LogP contribution in [0.3, 0.4) is 0 Å². The van der Waals surface area contributed by atoms with Crippen LogP contribution in [0.15, 0.2) is 54.6 Å². The molecule has 2 rings (SSSR count). The maximum Gasteiger partial charge on any atom is 0.118 e. The molecule has 2 aromatic rings. The molecule has 1 atom stereocenters. The average molecular weight is 311 g/mol. The zero-order valence-corrected chi connectivity index (χ0v) is 14.1. The lowest BCUT2D eigenvalue weighted by Gasteiger charge is -2.22. The highest BCUT2D eigenvalue weighted by atomic mass is 16.4. The predicted octanol–water partition coefficient (Wildman–Crippen LogP) is 1.32. The van der Waals surface area contributed by atoms with Crippen molar-refractivity contribution in [2.45, 2.75) is 39.3 Å². The van der Waals surface area contributed by atoms with Crippen molar-refractivity contribution in [1.82, 2.24) is 0 Å². The van der Waals surface area contributed by atoms with Crippen molar-refractivity contribution in [2.24, 2.45) is 0 Å². The van der Waals surface area contributed by atoms with Crippen LogP contribution in [0.4, 0.5) is 0 Å². The molecule has 0 saturated carbocycles. The molecule has 0 saturated heterocycles. The number of carboxylic acid groups (broad SMARTS) is 1. The summed E-state index contributed by atoms with van der Waals surface area (Å²) in [5.74, 6) is -1.01. The summed E-state index contributed by atoms with van der Waals surface area (Å²) in [5.41, 5.74) is 3.69. The zero-order valence-electron chi connectivity index (χ0n) is 14.1. The Labute approximate surface area is 138 Å². The molecule has 3 heteroatoms. The van der Waals surface area contributed by atoms with E-state index >= 15 is 0 Å². The predicted molar refractivity (Wildman–Crippen MR) is 89.8 cm³/mol. The Hall–Kier alpha value is -2.13. The number of hydrogen-bond acceptors (Lipinski definition) is 2. The highest BCUT2D eigenvalue weighted by Gasteiger charge is 2.15. The number of aliphatic carboxylic acids is 1. The zero-order chi connectivity index (χ0) is 16.9. The fourth-order valence-corrected chi connectivity index (χ4v) is 2.69. The van der Waals surface area contributed by atoms with E-state index in [4.69, 9.17) is 0 Å². The monoisotopic (exact) mass is 311 g/mol. The molecule has 0 aromatic heterocycles. The van der Waals surface area contributed by atoms with E-state index in [1.54, 1.807) is 0 Å². The molecular weight excluding hydrogens is 286 g/mol. The Balaban J connectivity index is 2.09. The van der Waals surface area contributed by atoms with Crippen LogP contribution in [0.5, 0.6) is 0 Å². The van der Waals surface area contributed by atoms with Crippen LogP contribution >= 0.6 is 0 Å².